The molecule has 0 spiro atoms. The largest absolute Gasteiger partial charge is 0.336 e. The van der Waals surface area contributed by atoms with Crippen molar-refractivity contribution in [3.05, 3.63) is 53.6 Å². The van der Waals surface area contributed by atoms with Crippen LogP contribution in [-0.4, -0.2) is 27.5 Å². The first-order valence-electron chi connectivity index (χ1n) is 7.26. The van der Waals surface area contributed by atoms with E-state index in [4.69, 9.17) is 5.73 Å². The minimum absolute atomic E-state index is 0.244. The first-order chi connectivity index (χ1) is 9.79. The van der Waals surface area contributed by atoms with Crippen molar-refractivity contribution in [3.63, 3.8) is 0 Å². The Hall–Kier alpha value is -1.65. The molecule has 0 radical (unpaired) electrons. The predicted molar refractivity (Wildman–Crippen MR) is 80.2 cm³/mol. The van der Waals surface area contributed by atoms with Crippen molar-refractivity contribution >= 4 is 0 Å². The average Bonchev–Trinajstić information content (AvgIpc) is 2.76. The minimum Gasteiger partial charge on any atom is -0.336 e. The summed E-state index contributed by atoms with van der Waals surface area (Å²) < 4.78 is 2.08. The van der Waals surface area contributed by atoms with Crippen molar-refractivity contribution in [2.24, 2.45) is 12.8 Å². The number of hydrogen-bond acceptors (Lipinski definition) is 3. The fraction of sp³-hybridized carbons (Fsp3) is 0.438. The highest BCUT2D eigenvalue weighted by atomic mass is 15.2. The zero-order valence-electron chi connectivity index (χ0n) is 12.0. The monoisotopic (exact) mass is 270 g/mol. The number of benzene rings is 1. The number of nitrogens with zero attached hydrogens (tertiary/aromatic N) is 3. The Labute approximate surface area is 120 Å². The summed E-state index contributed by atoms with van der Waals surface area (Å²) in [4.78, 5) is 6.72. The minimum atomic E-state index is 0.244. The van der Waals surface area contributed by atoms with Gasteiger partial charge in [0.1, 0.15) is 0 Å². The van der Waals surface area contributed by atoms with E-state index in [9.17, 15) is 0 Å². The highest BCUT2D eigenvalue weighted by Crippen LogP contribution is 2.26. The standard InChI is InChI=1S/C16H22N4/c1-19-12-18-10-16(19)15(9-17)20-8-4-7-13-5-2-3-6-14(13)11-20/h2-3,5-6,10,12,15H,4,7-9,11,17H2,1H3. The summed E-state index contributed by atoms with van der Waals surface area (Å²) in [5.41, 5.74) is 10.2. The van der Waals surface area contributed by atoms with Crippen molar-refractivity contribution in [2.75, 3.05) is 13.1 Å². The molecule has 4 nitrogen and oxygen atoms in total. The van der Waals surface area contributed by atoms with Crippen LogP contribution in [0.2, 0.25) is 0 Å². The molecule has 3 rings (SSSR count). The number of nitrogens with two attached hydrogens (primary N) is 1. The summed E-state index contributed by atoms with van der Waals surface area (Å²) in [7, 11) is 2.04. The zero-order chi connectivity index (χ0) is 13.9. The van der Waals surface area contributed by atoms with E-state index in [2.05, 4.69) is 38.7 Å². The van der Waals surface area contributed by atoms with Crippen molar-refractivity contribution in [1.82, 2.24) is 14.5 Å². The summed E-state index contributed by atoms with van der Waals surface area (Å²) in [6, 6.07) is 9.00. The molecule has 0 aliphatic carbocycles. The molecule has 20 heavy (non-hydrogen) atoms. The fourth-order valence-corrected chi connectivity index (χ4v) is 3.14. The number of aryl methyl sites for hydroxylation is 2. The molecule has 0 saturated carbocycles. The SMILES string of the molecule is Cn1cncc1C(CN)N1CCCc2ccccc2C1. The first-order valence-corrected chi connectivity index (χ1v) is 7.26. The van der Waals surface area contributed by atoms with Gasteiger partial charge >= 0.3 is 0 Å². The van der Waals surface area contributed by atoms with Gasteiger partial charge in [-0.05, 0) is 30.5 Å². The van der Waals surface area contributed by atoms with Crippen molar-refractivity contribution in [3.8, 4) is 0 Å². The molecule has 1 atom stereocenters. The van der Waals surface area contributed by atoms with E-state index in [-0.39, 0.29) is 6.04 Å². The summed E-state index contributed by atoms with van der Waals surface area (Å²) in [6.45, 7) is 2.69. The number of hydrogen-bond donors (Lipinski definition) is 1. The van der Waals surface area contributed by atoms with Crippen LogP contribution in [0, 0.1) is 0 Å². The van der Waals surface area contributed by atoms with Crippen LogP contribution in [0.3, 0.4) is 0 Å². The van der Waals surface area contributed by atoms with Gasteiger partial charge in [-0.15, -0.1) is 0 Å². The normalized spacial score (nSPS) is 17.5. The zero-order valence-corrected chi connectivity index (χ0v) is 12.0. The summed E-state index contributed by atoms with van der Waals surface area (Å²) in [5.74, 6) is 0. The summed E-state index contributed by atoms with van der Waals surface area (Å²) in [5, 5.41) is 0. The quantitative estimate of drug-likeness (QED) is 0.926. The second-order valence-corrected chi connectivity index (χ2v) is 5.52. The van der Waals surface area contributed by atoms with Gasteiger partial charge in [-0.2, -0.15) is 0 Å². The number of fused-ring (bicyclic) bond motifs is 1. The predicted octanol–water partition coefficient (Wildman–Crippen LogP) is 1.87. The van der Waals surface area contributed by atoms with E-state index in [0.29, 0.717) is 6.54 Å². The third kappa shape index (κ3) is 2.49. The Balaban J connectivity index is 1.88. The van der Waals surface area contributed by atoms with Crippen LogP contribution >= 0.6 is 0 Å². The fourth-order valence-electron chi connectivity index (χ4n) is 3.14. The van der Waals surface area contributed by atoms with Crippen LogP contribution in [0.1, 0.15) is 29.3 Å². The highest BCUT2D eigenvalue weighted by Gasteiger charge is 2.24. The lowest BCUT2D eigenvalue weighted by Gasteiger charge is -2.30. The lowest BCUT2D eigenvalue weighted by molar-refractivity contribution is 0.189. The Morgan fingerprint density at radius 3 is 2.80 bits per heavy atom. The van der Waals surface area contributed by atoms with Gasteiger partial charge in [-0.1, -0.05) is 24.3 Å². The van der Waals surface area contributed by atoms with Gasteiger partial charge in [0.05, 0.1) is 18.1 Å². The second-order valence-electron chi connectivity index (χ2n) is 5.52. The van der Waals surface area contributed by atoms with Crippen molar-refractivity contribution in [1.29, 1.82) is 0 Å². The molecule has 1 aliphatic rings. The van der Waals surface area contributed by atoms with E-state index in [1.54, 1.807) is 0 Å². The molecule has 1 unspecified atom stereocenters. The lowest BCUT2D eigenvalue weighted by Crippen LogP contribution is -2.34. The van der Waals surface area contributed by atoms with Gasteiger partial charge in [0, 0.05) is 26.3 Å². The summed E-state index contributed by atoms with van der Waals surface area (Å²) >= 11 is 0. The molecule has 1 aromatic carbocycles. The number of imidazole rings is 1. The average molecular weight is 270 g/mol. The van der Waals surface area contributed by atoms with Crippen LogP contribution in [0.4, 0.5) is 0 Å². The van der Waals surface area contributed by atoms with Gasteiger partial charge in [-0.25, -0.2) is 4.98 Å². The lowest BCUT2D eigenvalue weighted by atomic mass is 10.0. The maximum atomic E-state index is 6.05. The van der Waals surface area contributed by atoms with Crippen LogP contribution in [0.25, 0.3) is 0 Å². The van der Waals surface area contributed by atoms with Crippen molar-refractivity contribution in [2.45, 2.75) is 25.4 Å². The molecule has 4 heteroatoms. The molecule has 2 heterocycles. The smallest absolute Gasteiger partial charge is 0.0946 e. The van der Waals surface area contributed by atoms with Crippen LogP contribution in [-0.2, 0) is 20.0 Å². The molecular formula is C16H22N4. The van der Waals surface area contributed by atoms with E-state index in [0.717, 1.165) is 19.5 Å². The molecule has 2 aromatic rings. The van der Waals surface area contributed by atoms with E-state index in [1.807, 2.05) is 19.6 Å². The van der Waals surface area contributed by atoms with E-state index in [1.165, 1.54) is 23.2 Å². The third-order valence-corrected chi connectivity index (χ3v) is 4.24. The van der Waals surface area contributed by atoms with Gasteiger partial charge < -0.3 is 10.3 Å². The topological polar surface area (TPSA) is 47.1 Å². The molecule has 2 N–H and O–H groups in total. The van der Waals surface area contributed by atoms with E-state index >= 15 is 0 Å². The third-order valence-electron chi connectivity index (χ3n) is 4.24. The Bertz CT molecular complexity index is 575. The van der Waals surface area contributed by atoms with Crippen LogP contribution < -0.4 is 5.73 Å². The first kappa shape index (κ1) is 13.3. The van der Waals surface area contributed by atoms with Gasteiger partial charge in [0.25, 0.3) is 0 Å². The van der Waals surface area contributed by atoms with Crippen LogP contribution in [0.15, 0.2) is 36.8 Å². The molecule has 0 saturated heterocycles. The highest BCUT2D eigenvalue weighted by molar-refractivity contribution is 5.28. The van der Waals surface area contributed by atoms with Gasteiger partial charge in [0.2, 0.25) is 0 Å². The number of rotatable bonds is 3. The Morgan fingerprint density at radius 1 is 1.30 bits per heavy atom. The van der Waals surface area contributed by atoms with Gasteiger partial charge in [0.15, 0.2) is 0 Å². The van der Waals surface area contributed by atoms with Gasteiger partial charge in [-0.3, -0.25) is 4.90 Å². The van der Waals surface area contributed by atoms with E-state index < -0.39 is 0 Å². The maximum absolute atomic E-state index is 6.05. The summed E-state index contributed by atoms with van der Waals surface area (Å²) in [6.07, 6.45) is 6.14. The maximum Gasteiger partial charge on any atom is 0.0946 e. The van der Waals surface area contributed by atoms with Crippen molar-refractivity contribution < 1.29 is 0 Å². The molecular weight excluding hydrogens is 248 g/mol. The molecule has 0 bridgehead atoms. The molecule has 1 aromatic heterocycles. The molecule has 0 amide bonds. The number of aromatic nitrogens is 2. The second kappa shape index (κ2) is 5.77. The molecule has 0 fully saturated rings. The molecule has 1 aliphatic heterocycles. The Kier molecular flexibility index (Phi) is 3.85. The Morgan fingerprint density at radius 2 is 2.10 bits per heavy atom. The van der Waals surface area contributed by atoms with Crippen LogP contribution in [0.5, 0.6) is 0 Å². The molecule has 106 valence electrons.